The summed E-state index contributed by atoms with van der Waals surface area (Å²) in [7, 11) is 1.61. The lowest BCUT2D eigenvalue weighted by Crippen LogP contribution is -2.33. The van der Waals surface area contributed by atoms with E-state index >= 15 is 0 Å². The quantitative estimate of drug-likeness (QED) is 0.560. The molecule has 8 heteroatoms. The van der Waals surface area contributed by atoms with Crippen molar-refractivity contribution in [1.82, 2.24) is 9.78 Å². The van der Waals surface area contributed by atoms with Gasteiger partial charge in [-0.15, -0.1) is 11.6 Å². The van der Waals surface area contributed by atoms with E-state index in [-0.39, 0.29) is 23.6 Å². The molecule has 1 unspecified atom stereocenters. The molecule has 138 valence electrons. The third kappa shape index (κ3) is 3.84. The van der Waals surface area contributed by atoms with Gasteiger partial charge in [-0.25, -0.2) is 4.39 Å². The number of nitriles is 1. The number of rotatable bonds is 5. The number of hydrogen-bond acceptors (Lipinski definition) is 4. The molecule has 0 bridgehead atoms. The normalized spacial score (nSPS) is 13.2. The zero-order valence-electron chi connectivity index (χ0n) is 14.9. The van der Waals surface area contributed by atoms with Crippen LogP contribution in [-0.4, -0.2) is 27.2 Å². The highest BCUT2D eigenvalue weighted by Gasteiger charge is 2.33. The second-order valence-electron chi connectivity index (χ2n) is 6.08. The minimum absolute atomic E-state index is 0.0521. The summed E-state index contributed by atoms with van der Waals surface area (Å²) in [6.45, 7) is 5.10. The van der Waals surface area contributed by atoms with Gasteiger partial charge in [0.15, 0.2) is 0 Å². The minimum Gasteiger partial charge on any atom is -0.465 e. The van der Waals surface area contributed by atoms with Crippen LogP contribution in [0.1, 0.15) is 30.7 Å². The SMILES string of the molecule is CCOC(=O)C(C)(Cl)Cc1cc(-c2nn(C)c(C#N)c2C)c(F)cc1Cl. The lowest BCUT2D eigenvalue weighted by molar-refractivity contribution is -0.145. The summed E-state index contributed by atoms with van der Waals surface area (Å²) in [5.74, 6) is -1.15. The first-order chi connectivity index (χ1) is 12.1. The van der Waals surface area contributed by atoms with Crippen LogP contribution >= 0.6 is 23.2 Å². The molecule has 5 nitrogen and oxygen atoms in total. The predicted molar refractivity (Wildman–Crippen MR) is 97.7 cm³/mol. The Morgan fingerprint density at radius 3 is 2.69 bits per heavy atom. The van der Waals surface area contributed by atoms with Crippen LogP contribution < -0.4 is 0 Å². The van der Waals surface area contributed by atoms with Gasteiger partial charge >= 0.3 is 5.97 Å². The van der Waals surface area contributed by atoms with Gasteiger partial charge in [0.25, 0.3) is 0 Å². The Morgan fingerprint density at radius 1 is 1.50 bits per heavy atom. The van der Waals surface area contributed by atoms with Gasteiger partial charge in [0.05, 0.1) is 12.3 Å². The minimum atomic E-state index is -1.34. The van der Waals surface area contributed by atoms with Gasteiger partial charge < -0.3 is 4.74 Å². The molecule has 0 aliphatic carbocycles. The van der Waals surface area contributed by atoms with Crippen molar-refractivity contribution >= 4 is 29.2 Å². The van der Waals surface area contributed by atoms with Gasteiger partial charge in [-0.3, -0.25) is 9.48 Å². The number of benzene rings is 1. The second-order valence-corrected chi connectivity index (χ2v) is 7.32. The van der Waals surface area contributed by atoms with Crippen molar-refractivity contribution in [1.29, 1.82) is 5.26 Å². The van der Waals surface area contributed by atoms with Crippen LogP contribution in [0.3, 0.4) is 0 Å². The zero-order valence-corrected chi connectivity index (χ0v) is 16.4. The fraction of sp³-hybridized carbons (Fsp3) is 0.389. The van der Waals surface area contributed by atoms with Crippen molar-refractivity contribution in [2.45, 2.75) is 32.1 Å². The topological polar surface area (TPSA) is 67.9 Å². The van der Waals surface area contributed by atoms with Gasteiger partial charge in [-0.1, -0.05) is 11.6 Å². The van der Waals surface area contributed by atoms with Crippen molar-refractivity contribution in [2.75, 3.05) is 6.61 Å². The molecule has 2 aromatic rings. The number of esters is 1. The largest absolute Gasteiger partial charge is 0.465 e. The molecule has 0 saturated carbocycles. The van der Waals surface area contributed by atoms with Gasteiger partial charge in [-0.05, 0) is 38.5 Å². The van der Waals surface area contributed by atoms with E-state index in [1.807, 2.05) is 6.07 Å². The molecular formula is C18H18Cl2FN3O2. The number of hydrogen-bond donors (Lipinski definition) is 0. The van der Waals surface area contributed by atoms with Crippen LogP contribution in [0.5, 0.6) is 0 Å². The van der Waals surface area contributed by atoms with Crippen LogP contribution in [0.2, 0.25) is 5.02 Å². The van der Waals surface area contributed by atoms with Crippen molar-refractivity contribution in [3.8, 4) is 17.3 Å². The average Bonchev–Trinajstić information content (AvgIpc) is 2.84. The van der Waals surface area contributed by atoms with E-state index in [2.05, 4.69) is 5.10 Å². The monoisotopic (exact) mass is 397 g/mol. The molecule has 26 heavy (non-hydrogen) atoms. The number of alkyl halides is 1. The molecule has 1 aromatic heterocycles. The number of halogens is 3. The Hall–Kier alpha value is -2.10. The Labute approximate surface area is 161 Å². The molecule has 0 amide bonds. The van der Waals surface area contributed by atoms with Crippen LogP contribution in [0.4, 0.5) is 4.39 Å². The first kappa shape index (κ1) is 20.2. The van der Waals surface area contributed by atoms with Crippen molar-refractivity contribution < 1.29 is 13.9 Å². The summed E-state index contributed by atoms with van der Waals surface area (Å²) in [5.41, 5.74) is 1.91. The average molecular weight is 398 g/mol. The maximum atomic E-state index is 14.5. The number of aryl methyl sites for hydroxylation is 1. The Morgan fingerprint density at radius 2 is 2.15 bits per heavy atom. The summed E-state index contributed by atoms with van der Waals surface area (Å²) in [5, 5.41) is 13.6. The fourth-order valence-corrected chi connectivity index (χ4v) is 3.08. The van der Waals surface area contributed by atoms with E-state index in [1.165, 1.54) is 17.7 Å². The molecule has 0 radical (unpaired) electrons. The first-order valence-electron chi connectivity index (χ1n) is 7.90. The van der Waals surface area contributed by atoms with E-state index in [9.17, 15) is 14.4 Å². The molecule has 0 fully saturated rings. The molecular weight excluding hydrogens is 380 g/mol. The van der Waals surface area contributed by atoms with E-state index in [0.717, 1.165) is 6.07 Å². The Bertz CT molecular complexity index is 901. The molecule has 0 N–H and O–H groups in total. The van der Waals surface area contributed by atoms with Gasteiger partial charge in [-0.2, -0.15) is 10.4 Å². The van der Waals surface area contributed by atoms with E-state index < -0.39 is 16.7 Å². The van der Waals surface area contributed by atoms with E-state index in [1.54, 1.807) is 20.9 Å². The molecule has 0 saturated heterocycles. The number of aromatic nitrogens is 2. The smallest absolute Gasteiger partial charge is 0.327 e. The van der Waals surface area contributed by atoms with E-state index in [0.29, 0.717) is 22.5 Å². The summed E-state index contributed by atoms with van der Waals surface area (Å²) in [4.78, 5) is 10.7. The summed E-state index contributed by atoms with van der Waals surface area (Å²) < 4.78 is 20.9. The highest BCUT2D eigenvalue weighted by Crippen LogP contribution is 2.34. The number of nitrogens with zero attached hydrogens (tertiary/aromatic N) is 3. The second kappa shape index (κ2) is 7.65. The van der Waals surface area contributed by atoms with Gasteiger partial charge in [0, 0.05) is 29.6 Å². The number of carbonyl (C=O) groups is 1. The molecule has 0 spiro atoms. The third-order valence-electron chi connectivity index (χ3n) is 4.00. The standard InChI is InChI=1S/C18H18Cl2FN3O2/c1-5-26-17(25)18(3,20)8-11-6-12(14(21)7-13(11)19)16-10(2)15(9-22)24(4)23-16/h6-7H,5,8H2,1-4H3. The zero-order chi connectivity index (χ0) is 19.6. The molecule has 0 aliphatic heterocycles. The summed E-state index contributed by atoms with van der Waals surface area (Å²) in [6, 6.07) is 4.70. The lowest BCUT2D eigenvalue weighted by atomic mass is 9.96. The molecule has 2 rings (SSSR count). The van der Waals surface area contributed by atoms with Crippen LogP contribution in [-0.2, 0) is 23.0 Å². The maximum absolute atomic E-state index is 14.5. The highest BCUT2D eigenvalue weighted by molar-refractivity contribution is 6.34. The molecule has 1 aromatic carbocycles. The van der Waals surface area contributed by atoms with Crippen molar-refractivity contribution in [3.63, 3.8) is 0 Å². The lowest BCUT2D eigenvalue weighted by Gasteiger charge is -2.21. The van der Waals surface area contributed by atoms with Gasteiger partial charge in [0.1, 0.15) is 22.5 Å². The van der Waals surface area contributed by atoms with Crippen LogP contribution in [0.25, 0.3) is 11.3 Å². The molecule has 1 atom stereocenters. The number of ether oxygens (including phenoxy) is 1. The summed E-state index contributed by atoms with van der Waals surface area (Å²) in [6.07, 6.45) is 0.0521. The van der Waals surface area contributed by atoms with Gasteiger partial charge in [0.2, 0.25) is 0 Å². The van der Waals surface area contributed by atoms with E-state index in [4.69, 9.17) is 27.9 Å². The predicted octanol–water partition coefficient (Wildman–Crippen LogP) is 4.16. The first-order valence-corrected chi connectivity index (χ1v) is 8.66. The molecule has 1 heterocycles. The summed E-state index contributed by atoms with van der Waals surface area (Å²) >= 11 is 12.5. The fourth-order valence-electron chi connectivity index (χ4n) is 2.66. The highest BCUT2D eigenvalue weighted by atomic mass is 35.5. The third-order valence-corrected chi connectivity index (χ3v) is 4.64. The number of carbonyl (C=O) groups excluding carboxylic acids is 1. The Balaban J connectivity index is 2.51. The Kier molecular flexibility index (Phi) is 5.94. The van der Waals surface area contributed by atoms with Crippen molar-refractivity contribution in [2.24, 2.45) is 7.05 Å². The molecule has 0 aliphatic rings. The maximum Gasteiger partial charge on any atom is 0.327 e. The van der Waals surface area contributed by atoms with Crippen LogP contribution in [0.15, 0.2) is 12.1 Å². The van der Waals surface area contributed by atoms with Crippen LogP contribution in [0, 0.1) is 24.1 Å². The van der Waals surface area contributed by atoms with Crippen molar-refractivity contribution in [3.05, 3.63) is 39.8 Å².